The minimum atomic E-state index is -0.175. The molecule has 0 bridgehead atoms. The maximum Gasteiger partial charge on any atom is 0.261 e. The van der Waals surface area contributed by atoms with Gasteiger partial charge in [0.05, 0.1) is 11.1 Å². The van der Waals surface area contributed by atoms with Gasteiger partial charge in [-0.05, 0) is 42.9 Å². The lowest BCUT2D eigenvalue weighted by atomic mass is 9.93. The first kappa shape index (κ1) is 13.2. The van der Waals surface area contributed by atoms with Crippen LogP contribution in [0.3, 0.4) is 0 Å². The molecule has 0 saturated heterocycles. The molecule has 0 spiro atoms. The smallest absolute Gasteiger partial charge is 0.261 e. The van der Waals surface area contributed by atoms with Crippen molar-refractivity contribution >= 4 is 17.5 Å². The number of carbonyl (C=O) groups excluding carboxylic acids is 2. The van der Waals surface area contributed by atoms with Gasteiger partial charge in [-0.3, -0.25) is 14.5 Å². The summed E-state index contributed by atoms with van der Waals surface area (Å²) >= 11 is 0. The van der Waals surface area contributed by atoms with Crippen molar-refractivity contribution in [2.75, 3.05) is 5.73 Å². The van der Waals surface area contributed by atoms with E-state index in [9.17, 15) is 9.59 Å². The molecule has 1 aliphatic heterocycles. The van der Waals surface area contributed by atoms with Gasteiger partial charge in [0, 0.05) is 11.7 Å². The number of nitrogens with two attached hydrogens (primary N) is 1. The number of hydrogen-bond acceptors (Lipinski definition) is 3. The Labute approximate surface area is 118 Å². The molecule has 1 fully saturated rings. The second kappa shape index (κ2) is 4.62. The van der Waals surface area contributed by atoms with Crippen LogP contribution in [0, 0.1) is 11.8 Å². The van der Waals surface area contributed by atoms with Crippen LogP contribution >= 0.6 is 0 Å². The molecule has 0 radical (unpaired) electrons. The van der Waals surface area contributed by atoms with Crippen molar-refractivity contribution in [3.63, 3.8) is 0 Å². The first-order chi connectivity index (χ1) is 9.54. The Bertz CT molecular complexity index is 582. The standard InChI is InChI=1S/C16H20N2O2/c1-3-10-4-7-14(9(10)2)18-15(19)12-6-5-11(17)8-13(12)16(18)20/h5-6,8-10,14H,3-4,7,17H2,1-2H3. The van der Waals surface area contributed by atoms with Gasteiger partial charge in [-0.25, -0.2) is 0 Å². The SMILES string of the molecule is CCC1CCC(N2C(=O)c3ccc(N)cc3C2=O)C1C. The topological polar surface area (TPSA) is 63.4 Å². The molecule has 0 aromatic heterocycles. The maximum absolute atomic E-state index is 12.5. The minimum Gasteiger partial charge on any atom is -0.399 e. The predicted octanol–water partition coefficient (Wildman–Crippen LogP) is 2.69. The first-order valence-corrected chi connectivity index (χ1v) is 7.32. The van der Waals surface area contributed by atoms with Crippen LogP contribution in [0.1, 0.15) is 53.8 Å². The number of carbonyl (C=O) groups is 2. The van der Waals surface area contributed by atoms with E-state index in [1.165, 1.54) is 4.90 Å². The zero-order valence-corrected chi connectivity index (χ0v) is 11.9. The van der Waals surface area contributed by atoms with E-state index >= 15 is 0 Å². The quantitative estimate of drug-likeness (QED) is 0.665. The summed E-state index contributed by atoms with van der Waals surface area (Å²) in [6.45, 7) is 4.33. The lowest BCUT2D eigenvalue weighted by Gasteiger charge is -2.27. The lowest BCUT2D eigenvalue weighted by Crippen LogP contribution is -2.42. The molecule has 1 heterocycles. The van der Waals surface area contributed by atoms with E-state index in [2.05, 4.69) is 13.8 Å². The van der Waals surface area contributed by atoms with Crippen LogP contribution in [0.4, 0.5) is 5.69 Å². The van der Waals surface area contributed by atoms with Gasteiger partial charge < -0.3 is 5.73 Å². The maximum atomic E-state index is 12.5. The number of fused-ring (bicyclic) bond motifs is 1. The number of imide groups is 1. The number of amides is 2. The summed E-state index contributed by atoms with van der Waals surface area (Å²) in [6, 6.07) is 5.00. The first-order valence-electron chi connectivity index (χ1n) is 7.32. The summed E-state index contributed by atoms with van der Waals surface area (Å²) in [5.74, 6) is 0.651. The molecule has 3 atom stereocenters. The van der Waals surface area contributed by atoms with Crippen LogP contribution in [-0.2, 0) is 0 Å². The number of anilines is 1. The zero-order valence-electron chi connectivity index (χ0n) is 11.9. The highest BCUT2D eigenvalue weighted by Crippen LogP contribution is 2.40. The Kier molecular flexibility index (Phi) is 3.04. The van der Waals surface area contributed by atoms with Gasteiger partial charge in [-0.2, -0.15) is 0 Å². The number of nitrogen functional groups attached to an aromatic ring is 1. The van der Waals surface area contributed by atoms with Gasteiger partial charge in [0.1, 0.15) is 0 Å². The van der Waals surface area contributed by atoms with Gasteiger partial charge in [-0.1, -0.05) is 20.3 Å². The molecule has 2 aliphatic rings. The summed E-state index contributed by atoms with van der Waals surface area (Å²) in [7, 11) is 0. The van der Waals surface area contributed by atoms with E-state index in [-0.39, 0.29) is 17.9 Å². The van der Waals surface area contributed by atoms with Gasteiger partial charge in [0.15, 0.2) is 0 Å². The third-order valence-electron chi connectivity index (χ3n) is 4.98. The highest BCUT2D eigenvalue weighted by Gasteiger charge is 2.45. The minimum absolute atomic E-state index is 0.0357. The number of hydrogen-bond donors (Lipinski definition) is 1. The molecule has 3 unspecified atom stereocenters. The average molecular weight is 272 g/mol. The van der Waals surface area contributed by atoms with Crippen molar-refractivity contribution in [2.45, 2.75) is 39.2 Å². The van der Waals surface area contributed by atoms with Crippen LogP contribution in [0.2, 0.25) is 0 Å². The predicted molar refractivity (Wildman–Crippen MR) is 77.3 cm³/mol. The van der Waals surface area contributed by atoms with E-state index in [4.69, 9.17) is 5.73 Å². The Morgan fingerprint density at radius 1 is 1.20 bits per heavy atom. The molecule has 4 nitrogen and oxygen atoms in total. The highest BCUT2D eigenvalue weighted by atomic mass is 16.2. The summed E-state index contributed by atoms with van der Waals surface area (Å²) in [6.07, 6.45) is 3.12. The van der Waals surface area contributed by atoms with E-state index in [0.29, 0.717) is 28.7 Å². The molecular formula is C16H20N2O2. The van der Waals surface area contributed by atoms with Crippen LogP contribution in [0.15, 0.2) is 18.2 Å². The van der Waals surface area contributed by atoms with Crippen molar-refractivity contribution in [3.05, 3.63) is 29.3 Å². The molecular weight excluding hydrogens is 252 g/mol. The zero-order chi connectivity index (χ0) is 14.4. The fourth-order valence-corrected chi connectivity index (χ4v) is 3.74. The van der Waals surface area contributed by atoms with Crippen LogP contribution in [0.25, 0.3) is 0 Å². The van der Waals surface area contributed by atoms with Crippen molar-refractivity contribution in [3.8, 4) is 0 Å². The van der Waals surface area contributed by atoms with Crippen LogP contribution in [0.5, 0.6) is 0 Å². The molecule has 4 heteroatoms. The fraction of sp³-hybridized carbons (Fsp3) is 0.500. The molecule has 3 rings (SSSR count). The summed E-state index contributed by atoms with van der Waals surface area (Å²) in [5.41, 5.74) is 7.21. The third kappa shape index (κ3) is 1.74. The van der Waals surface area contributed by atoms with E-state index in [1.807, 2.05) is 0 Å². The third-order valence-corrected chi connectivity index (χ3v) is 4.98. The number of rotatable bonds is 2. The van der Waals surface area contributed by atoms with Gasteiger partial charge >= 0.3 is 0 Å². The van der Waals surface area contributed by atoms with Crippen LogP contribution in [-0.4, -0.2) is 22.8 Å². The molecule has 106 valence electrons. The van der Waals surface area contributed by atoms with E-state index < -0.39 is 0 Å². The number of benzene rings is 1. The van der Waals surface area contributed by atoms with E-state index in [1.54, 1.807) is 18.2 Å². The Balaban J connectivity index is 1.94. The van der Waals surface area contributed by atoms with Gasteiger partial charge in [0.25, 0.3) is 11.8 Å². The normalized spacial score (nSPS) is 29.1. The molecule has 2 amide bonds. The Hall–Kier alpha value is -1.84. The lowest BCUT2D eigenvalue weighted by molar-refractivity contribution is 0.0544. The molecule has 1 aromatic carbocycles. The van der Waals surface area contributed by atoms with Crippen molar-refractivity contribution in [2.24, 2.45) is 11.8 Å². The molecule has 1 aliphatic carbocycles. The molecule has 2 N–H and O–H groups in total. The van der Waals surface area contributed by atoms with E-state index in [0.717, 1.165) is 19.3 Å². The summed E-state index contributed by atoms with van der Waals surface area (Å²) in [4.78, 5) is 26.5. The second-order valence-electron chi connectivity index (χ2n) is 5.96. The largest absolute Gasteiger partial charge is 0.399 e. The molecule has 1 aromatic rings. The summed E-state index contributed by atoms with van der Waals surface area (Å²) in [5, 5.41) is 0. The van der Waals surface area contributed by atoms with Crippen molar-refractivity contribution < 1.29 is 9.59 Å². The highest BCUT2D eigenvalue weighted by molar-refractivity contribution is 6.22. The number of nitrogens with zero attached hydrogens (tertiary/aromatic N) is 1. The van der Waals surface area contributed by atoms with Gasteiger partial charge in [0.2, 0.25) is 0 Å². The molecule has 1 saturated carbocycles. The monoisotopic (exact) mass is 272 g/mol. The average Bonchev–Trinajstić information content (AvgIpc) is 2.90. The fourth-order valence-electron chi connectivity index (χ4n) is 3.74. The van der Waals surface area contributed by atoms with Gasteiger partial charge in [-0.15, -0.1) is 0 Å². The second-order valence-corrected chi connectivity index (χ2v) is 5.96. The van der Waals surface area contributed by atoms with Crippen LogP contribution < -0.4 is 5.73 Å². The van der Waals surface area contributed by atoms with Crippen molar-refractivity contribution in [1.29, 1.82) is 0 Å². The Morgan fingerprint density at radius 3 is 2.55 bits per heavy atom. The van der Waals surface area contributed by atoms with Crippen molar-refractivity contribution in [1.82, 2.24) is 4.90 Å². The molecule has 20 heavy (non-hydrogen) atoms. The Morgan fingerprint density at radius 2 is 1.90 bits per heavy atom. The summed E-state index contributed by atoms with van der Waals surface area (Å²) < 4.78 is 0.